The molecule has 0 unspecified atom stereocenters. The molecule has 11 heteroatoms. The van der Waals surface area contributed by atoms with Crippen LogP contribution in [0.4, 0.5) is 0 Å². The lowest BCUT2D eigenvalue weighted by Crippen LogP contribution is -2.56. The number of hydrogen-bond donors (Lipinski definition) is 3. The predicted molar refractivity (Wildman–Crippen MR) is 121 cm³/mol. The van der Waals surface area contributed by atoms with Crippen LogP contribution in [0, 0.1) is 0 Å². The van der Waals surface area contributed by atoms with Gasteiger partial charge in [-0.15, -0.1) is 35.3 Å². The van der Waals surface area contributed by atoms with Gasteiger partial charge in [0, 0.05) is 45.3 Å². The van der Waals surface area contributed by atoms with Crippen molar-refractivity contribution in [3.63, 3.8) is 0 Å². The maximum Gasteiger partial charge on any atom is 0.250 e. The molecule has 1 aromatic heterocycles. The number of rotatable bonds is 8. The summed E-state index contributed by atoms with van der Waals surface area (Å²) in [5.41, 5.74) is -0.0256. The quantitative estimate of drug-likeness (QED) is 0.200. The van der Waals surface area contributed by atoms with Gasteiger partial charge in [-0.3, -0.25) is 9.89 Å². The molecule has 8 nitrogen and oxygen atoms in total. The van der Waals surface area contributed by atoms with Gasteiger partial charge < -0.3 is 15.4 Å². The number of sulfonamides is 1. The van der Waals surface area contributed by atoms with Gasteiger partial charge in [-0.2, -0.15) is 0 Å². The molecule has 0 aliphatic carbocycles. The Morgan fingerprint density at radius 2 is 2.00 bits per heavy atom. The Bertz CT molecular complexity index is 674. The number of hydrogen-bond acceptors (Lipinski definition) is 6. The van der Waals surface area contributed by atoms with Gasteiger partial charge in [-0.1, -0.05) is 6.07 Å². The summed E-state index contributed by atoms with van der Waals surface area (Å²) in [6, 6.07) is 3.31. The van der Waals surface area contributed by atoms with E-state index in [4.69, 9.17) is 4.74 Å². The second kappa shape index (κ2) is 11.5. The maximum absolute atomic E-state index is 12.0. The number of halogens is 1. The van der Waals surface area contributed by atoms with Gasteiger partial charge in [0.15, 0.2) is 5.96 Å². The molecule has 2 heterocycles. The zero-order valence-corrected chi connectivity index (χ0v) is 20.0. The molecular formula is C16H30IN5O3S2. The summed E-state index contributed by atoms with van der Waals surface area (Å²) in [6.45, 7) is 9.21. The molecule has 156 valence electrons. The molecule has 0 saturated carbocycles. The fourth-order valence-corrected chi connectivity index (χ4v) is 4.72. The van der Waals surface area contributed by atoms with Crippen LogP contribution in [-0.2, 0) is 14.8 Å². The third-order valence-electron chi connectivity index (χ3n) is 4.25. The molecule has 27 heavy (non-hydrogen) atoms. The summed E-state index contributed by atoms with van der Waals surface area (Å²) in [5.74, 6) is 0.654. The first-order chi connectivity index (χ1) is 12.3. The van der Waals surface area contributed by atoms with Crippen LogP contribution in [0.1, 0.15) is 13.8 Å². The molecule has 1 aromatic rings. The number of guanidine groups is 1. The number of ether oxygens (including phenoxy) is 1. The minimum absolute atomic E-state index is 0. The first-order valence-corrected chi connectivity index (χ1v) is 11.0. The van der Waals surface area contributed by atoms with E-state index in [1.54, 1.807) is 24.6 Å². The van der Waals surface area contributed by atoms with E-state index in [-0.39, 0.29) is 36.1 Å². The first-order valence-electron chi connectivity index (χ1n) is 8.66. The van der Waals surface area contributed by atoms with Crippen molar-refractivity contribution in [2.45, 2.75) is 23.6 Å². The molecule has 0 amide bonds. The van der Waals surface area contributed by atoms with Crippen molar-refractivity contribution in [1.82, 2.24) is 20.3 Å². The molecule has 0 atom stereocenters. The molecule has 2 rings (SSSR count). The fourth-order valence-electron chi connectivity index (χ4n) is 2.65. The van der Waals surface area contributed by atoms with Crippen molar-refractivity contribution < 1.29 is 13.2 Å². The summed E-state index contributed by atoms with van der Waals surface area (Å²) >= 11 is 1.20. The summed E-state index contributed by atoms with van der Waals surface area (Å²) in [5, 5.41) is 8.19. The zero-order valence-electron chi connectivity index (χ0n) is 16.0. The molecule has 1 fully saturated rings. The van der Waals surface area contributed by atoms with Gasteiger partial charge >= 0.3 is 0 Å². The van der Waals surface area contributed by atoms with E-state index in [0.29, 0.717) is 16.7 Å². The van der Waals surface area contributed by atoms with Crippen LogP contribution >= 0.6 is 35.3 Å². The van der Waals surface area contributed by atoms with Crippen LogP contribution < -0.4 is 15.4 Å². The Kier molecular flexibility index (Phi) is 10.5. The Morgan fingerprint density at radius 1 is 1.30 bits per heavy atom. The summed E-state index contributed by atoms with van der Waals surface area (Å²) in [4.78, 5) is 6.59. The minimum atomic E-state index is -3.42. The smallest absolute Gasteiger partial charge is 0.250 e. The van der Waals surface area contributed by atoms with Gasteiger partial charge in [0.2, 0.25) is 10.0 Å². The lowest BCUT2D eigenvalue weighted by molar-refractivity contribution is -0.00833. The van der Waals surface area contributed by atoms with Gasteiger partial charge in [-0.05, 0) is 25.3 Å². The monoisotopic (exact) mass is 531 g/mol. The number of thiophene rings is 1. The molecule has 1 saturated heterocycles. The molecule has 1 aliphatic heterocycles. The molecule has 3 N–H and O–H groups in total. The van der Waals surface area contributed by atoms with Crippen LogP contribution in [0.2, 0.25) is 0 Å². The Morgan fingerprint density at radius 3 is 2.59 bits per heavy atom. The van der Waals surface area contributed by atoms with Gasteiger partial charge in [0.25, 0.3) is 0 Å². The van der Waals surface area contributed by atoms with Crippen LogP contribution in [-0.4, -0.2) is 77.8 Å². The Labute approximate surface area is 183 Å². The van der Waals surface area contributed by atoms with E-state index in [1.165, 1.54) is 11.3 Å². The SMILES string of the molecule is CN=C(NCCNS(=O)(=O)c1cccs1)NCC(C)(C)N1CCOCC1.I. The molecule has 0 radical (unpaired) electrons. The molecule has 0 bridgehead atoms. The van der Waals surface area contributed by atoms with Crippen molar-refractivity contribution in [2.24, 2.45) is 4.99 Å². The highest BCUT2D eigenvalue weighted by Crippen LogP contribution is 2.15. The third-order valence-corrected chi connectivity index (χ3v) is 7.11. The van der Waals surface area contributed by atoms with E-state index in [0.717, 1.165) is 32.8 Å². The summed E-state index contributed by atoms with van der Waals surface area (Å²) in [6.07, 6.45) is 0. The highest BCUT2D eigenvalue weighted by atomic mass is 127. The lowest BCUT2D eigenvalue weighted by atomic mass is 10.0. The first kappa shape index (κ1) is 24.6. The average molecular weight is 531 g/mol. The summed E-state index contributed by atoms with van der Waals surface area (Å²) < 4.78 is 32.4. The maximum atomic E-state index is 12.0. The van der Waals surface area contributed by atoms with E-state index in [9.17, 15) is 8.42 Å². The average Bonchev–Trinajstić information content (AvgIpc) is 3.17. The van der Waals surface area contributed by atoms with Crippen LogP contribution in [0.25, 0.3) is 0 Å². The molecule has 0 spiro atoms. The van der Waals surface area contributed by atoms with Crippen molar-refractivity contribution in [3.05, 3.63) is 17.5 Å². The van der Waals surface area contributed by atoms with E-state index in [2.05, 4.69) is 39.1 Å². The number of morpholine rings is 1. The number of nitrogens with one attached hydrogen (secondary N) is 3. The second-order valence-electron chi connectivity index (χ2n) is 6.59. The molecule has 0 aromatic carbocycles. The fraction of sp³-hybridized carbons (Fsp3) is 0.688. The predicted octanol–water partition coefficient (Wildman–Crippen LogP) is 0.920. The molecular weight excluding hydrogens is 501 g/mol. The largest absolute Gasteiger partial charge is 0.379 e. The molecule has 1 aliphatic rings. The second-order valence-corrected chi connectivity index (χ2v) is 9.54. The topological polar surface area (TPSA) is 95.1 Å². The van der Waals surface area contributed by atoms with Crippen molar-refractivity contribution in [3.8, 4) is 0 Å². The van der Waals surface area contributed by atoms with E-state index >= 15 is 0 Å². The van der Waals surface area contributed by atoms with E-state index in [1.807, 2.05) is 0 Å². The number of aliphatic imine (C=N–C) groups is 1. The van der Waals surface area contributed by atoms with Crippen molar-refractivity contribution in [2.75, 3.05) is 53.0 Å². The van der Waals surface area contributed by atoms with Crippen LogP contribution in [0.3, 0.4) is 0 Å². The van der Waals surface area contributed by atoms with Crippen molar-refractivity contribution in [1.29, 1.82) is 0 Å². The van der Waals surface area contributed by atoms with Crippen LogP contribution in [0.15, 0.2) is 26.7 Å². The normalized spacial score (nSPS) is 16.6. The Hall–Kier alpha value is -0.470. The lowest BCUT2D eigenvalue weighted by Gasteiger charge is -2.41. The summed E-state index contributed by atoms with van der Waals surface area (Å²) in [7, 11) is -1.72. The standard InChI is InChI=1S/C16H29N5O3S2.HI/c1-16(2,21-8-10-24-11-9-21)13-19-15(17-3)18-6-7-20-26(22,23)14-5-4-12-25-14;/h4-5,12,20H,6-11,13H2,1-3H3,(H2,17,18,19);1H. The van der Waals surface area contributed by atoms with Crippen LogP contribution in [0.5, 0.6) is 0 Å². The highest BCUT2D eigenvalue weighted by molar-refractivity contribution is 14.0. The number of nitrogens with zero attached hydrogens (tertiary/aromatic N) is 2. The van der Waals surface area contributed by atoms with E-state index < -0.39 is 10.0 Å². The van der Waals surface area contributed by atoms with Gasteiger partial charge in [0.05, 0.1) is 13.2 Å². The highest BCUT2D eigenvalue weighted by Gasteiger charge is 2.28. The third kappa shape index (κ3) is 7.81. The minimum Gasteiger partial charge on any atom is -0.379 e. The Balaban J connectivity index is 0.00000364. The van der Waals surface area contributed by atoms with Crippen molar-refractivity contribution >= 4 is 51.3 Å². The van der Waals surface area contributed by atoms with Gasteiger partial charge in [0.1, 0.15) is 4.21 Å². The zero-order chi connectivity index (χ0) is 19.0. The van der Waals surface area contributed by atoms with Gasteiger partial charge in [-0.25, -0.2) is 13.1 Å².